The number of nitrogens with one attached hydrogen (secondary N) is 1. The SMILES string of the molecule is O=S(=O)(Nc1nc(CCl)cs1)c1ccc(Cl)cc1. The van der Waals surface area contributed by atoms with Crippen LogP contribution in [-0.2, 0) is 15.9 Å². The average molecular weight is 323 g/mol. The molecule has 0 aliphatic carbocycles. The van der Waals surface area contributed by atoms with Crippen molar-refractivity contribution >= 4 is 49.7 Å². The Balaban J connectivity index is 2.24. The molecule has 1 N–H and O–H groups in total. The zero-order valence-corrected chi connectivity index (χ0v) is 12.1. The smallest absolute Gasteiger partial charge is 0.255 e. The van der Waals surface area contributed by atoms with Gasteiger partial charge in [-0.25, -0.2) is 13.4 Å². The van der Waals surface area contributed by atoms with E-state index in [1.165, 1.54) is 35.6 Å². The molecule has 1 aromatic carbocycles. The summed E-state index contributed by atoms with van der Waals surface area (Å²) < 4.78 is 26.4. The van der Waals surface area contributed by atoms with Crippen molar-refractivity contribution in [2.75, 3.05) is 4.72 Å². The molecule has 0 aliphatic rings. The zero-order valence-electron chi connectivity index (χ0n) is 8.93. The maximum atomic E-state index is 12.0. The number of hydrogen-bond donors (Lipinski definition) is 1. The quantitative estimate of drug-likeness (QED) is 0.878. The van der Waals surface area contributed by atoms with Gasteiger partial charge in [-0.3, -0.25) is 4.72 Å². The summed E-state index contributed by atoms with van der Waals surface area (Å²) in [5, 5.41) is 2.47. The number of anilines is 1. The van der Waals surface area contributed by atoms with Gasteiger partial charge in [0.25, 0.3) is 10.0 Å². The summed E-state index contributed by atoms with van der Waals surface area (Å²) in [5.74, 6) is 0.249. The molecule has 2 aromatic rings. The van der Waals surface area contributed by atoms with E-state index < -0.39 is 10.0 Å². The summed E-state index contributed by atoms with van der Waals surface area (Å²) in [6.07, 6.45) is 0. The third-order valence-corrected chi connectivity index (χ3v) is 4.85. The Labute approximate surface area is 119 Å². The van der Waals surface area contributed by atoms with Crippen LogP contribution in [0.15, 0.2) is 34.5 Å². The van der Waals surface area contributed by atoms with Crippen molar-refractivity contribution in [1.29, 1.82) is 0 Å². The first-order valence-corrected chi connectivity index (χ1v) is 8.07. The third kappa shape index (κ3) is 3.14. The summed E-state index contributed by atoms with van der Waals surface area (Å²) in [6, 6.07) is 5.89. The molecule has 4 nitrogen and oxygen atoms in total. The van der Waals surface area contributed by atoms with Gasteiger partial charge in [0.05, 0.1) is 16.5 Å². The second-order valence-corrected chi connectivity index (χ2v) is 6.58. The second kappa shape index (κ2) is 5.44. The molecule has 0 spiro atoms. The highest BCUT2D eigenvalue weighted by molar-refractivity contribution is 7.93. The molecule has 96 valence electrons. The number of rotatable bonds is 4. The zero-order chi connectivity index (χ0) is 13.2. The Morgan fingerprint density at radius 3 is 2.50 bits per heavy atom. The molecule has 18 heavy (non-hydrogen) atoms. The lowest BCUT2D eigenvalue weighted by Crippen LogP contribution is -2.12. The van der Waals surface area contributed by atoms with Gasteiger partial charge in [-0.1, -0.05) is 11.6 Å². The monoisotopic (exact) mass is 322 g/mol. The summed E-state index contributed by atoms with van der Waals surface area (Å²) in [6.45, 7) is 0. The van der Waals surface area contributed by atoms with Crippen molar-refractivity contribution in [3.63, 3.8) is 0 Å². The summed E-state index contributed by atoms with van der Waals surface area (Å²) in [5.41, 5.74) is 0.635. The first kappa shape index (κ1) is 13.6. The highest BCUT2D eigenvalue weighted by Crippen LogP contribution is 2.21. The van der Waals surface area contributed by atoms with Gasteiger partial charge in [-0.05, 0) is 24.3 Å². The van der Waals surface area contributed by atoms with E-state index in [0.29, 0.717) is 15.8 Å². The van der Waals surface area contributed by atoms with Crippen LogP contribution < -0.4 is 4.72 Å². The summed E-state index contributed by atoms with van der Waals surface area (Å²) >= 11 is 12.5. The lowest BCUT2D eigenvalue weighted by Gasteiger charge is -2.04. The van der Waals surface area contributed by atoms with Crippen LogP contribution in [0, 0.1) is 0 Å². The van der Waals surface area contributed by atoms with Gasteiger partial charge < -0.3 is 0 Å². The number of nitrogens with zero attached hydrogens (tertiary/aromatic N) is 1. The minimum absolute atomic E-state index is 0.134. The molecular weight excluding hydrogens is 315 g/mol. The minimum Gasteiger partial charge on any atom is -0.255 e. The van der Waals surface area contributed by atoms with Gasteiger partial charge in [0.2, 0.25) is 0 Å². The number of benzene rings is 1. The van der Waals surface area contributed by atoms with Gasteiger partial charge in [-0.15, -0.1) is 22.9 Å². The van der Waals surface area contributed by atoms with E-state index in [-0.39, 0.29) is 10.8 Å². The van der Waals surface area contributed by atoms with Crippen molar-refractivity contribution < 1.29 is 8.42 Å². The standard InChI is InChI=1S/C10H8Cl2N2O2S2/c11-5-8-6-17-10(13-8)14-18(15,16)9-3-1-7(12)2-4-9/h1-4,6H,5H2,(H,13,14). The lowest BCUT2D eigenvalue weighted by molar-refractivity contribution is 0.601. The Bertz CT molecular complexity index is 638. The van der Waals surface area contributed by atoms with Gasteiger partial charge >= 0.3 is 0 Å². The fraction of sp³-hybridized carbons (Fsp3) is 0.100. The molecule has 0 radical (unpaired) electrons. The van der Waals surface area contributed by atoms with Crippen LogP contribution in [0.2, 0.25) is 5.02 Å². The first-order valence-electron chi connectivity index (χ1n) is 4.80. The van der Waals surface area contributed by atoms with Crippen LogP contribution in [0.5, 0.6) is 0 Å². The van der Waals surface area contributed by atoms with Crippen LogP contribution in [0.3, 0.4) is 0 Å². The minimum atomic E-state index is -3.63. The molecule has 0 unspecified atom stereocenters. The Morgan fingerprint density at radius 2 is 1.94 bits per heavy atom. The number of sulfonamides is 1. The van der Waals surface area contributed by atoms with Crippen LogP contribution in [-0.4, -0.2) is 13.4 Å². The fourth-order valence-electron chi connectivity index (χ4n) is 1.20. The molecular formula is C10H8Cl2N2O2S2. The third-order valence-electron chi connectivity index (χ3n) is 2.03. The van der Waals surface area contributed by atoms with Crippen molar-refractivity contribution in [1.82, 2.24) is 4.98 Å². The van der Waals surface area contributed by atoms with E-state index in [1.807, 2.05) is 0 Å². The normalized spacial score (nSPS) is 11.4. The Hall–Kier alpha value is -0.820. The van der Waals surface area contributed by atoms with Crippen molar-refractivity contribution in [2.24, 2.45) is 0 Å². The number of halogens is 2. The van der Waals surface area contributed by atoms with Crippen LogP contribution in [0.25, 0.3) is 0 Å². The number of alkyl halides is 1. The van der Waals surface area contributed by atoms with Gasteiger partial charge in [-0.2, -0.15) is 0 Å². The Morgan fingerprint density at radius 1 is 1.28 bits per heavy atom. The average Bonchev–Trinajstić information content (AvgIpc) is 2.76. The van der Waals surface area contributed by atoms with Crippen molar-refractivity contribution in [3.05, 3.63) is 40.4 Å². The molecule has 0 atom stereocenters. The molecule has 0 amide bonds. The molecule has 0 aliphatic heterocycles. The highest BCUT2D eigenvalue weighted by atomic mass is 35.5. The Kier molecular flexibility index (Phi) is 4.11. The van der Waals surface area contributed by atoms with Gasteiger partial charge in [0.15, 0.2) is 5.13 Å². The van der Waals surface area contributed by atoms with Crippen LogP contribution in [0.4, 0.5) is 5.13 Å². The van der Waals surface area contributed by atoms with E-state index in [0.717, 1.165) is 0 Å². The van der Waals surface area contributed by atoms with Gasteiger partial charge in [0, 0.05) is 10.4 Å². The lowest BCUT2D eigenvalue weighted by atomic mass is 10.4. The predicted octanol–water partition coefficient (Wildman–Crippen LogP) is 3.34. The van der Waals surface area contributed by atoms with Gasteiger partial charge in [0.1, 0.15) is 0 Å². The summed E-state index contributed by atoms with van der Waals surface area (Å²) in [7, 11) is -3.63. The van der Waals surface area contributed by atoms with Crippen LogP contribution >= 0.6 is 34.5 Å². The molecule has 8 heteroatoms. The number of hydrogen-bond acceptors (Lipinski definition) is 4. The van der Waals surface area contributed by atoms with E-state index >= 15 is 0 Å². The predicted molar refractivity (Wildman–Crippen MR) is 73.9 cm³/mol. The van der Waals surface area contributed by atoms with Crippen molar-refractivity contribution in [2.45, 2.75) is 10.8 Å². The molecule has 1 aromatic heterocycles. The second-order valence-electron chi connectivity index (χ2n) is 3.34. The molecule has 0 saturated carbocycles. The first-order chi connectivity index (χ1) is 8.51. The van der Waals surface area contributed by atoms with Crippen LogP contribution in [0.1, 0.15) is 5.69 Å². The van der Waals surface area contributed by atoms with E-state index in [4.69, 9.17) is 23.2 Å². The maximum Gasteiger partial charge on any atom is 0.263 e. The van der Waals surface area contributed by atoms with E-state index in [1.54, 1.807) is 5.38 Å². The molecule has 1 heterocycles. The molecule has 0 fully saturated rings. The highest BCUT2D eigenvalue weighted by Gasteiger charge is 2.15. The largest absolute Gasteiger partial charge is 0.263 e. The van der Waals surface area contributed by atoms with E-state index in [2.05, 4.69) is 9.71 Å². The molecule has 0 saturated heterocycles. The molecule has 0 bridgehead atoms. The fourth-order valence-corrected chi connectivity index (χ4v) is 3.52. The summed E-state index contributed by atoms with van der Waals surface area (Å²) in [4.78, 5) is 4.16. The maximum absolute atomic E-state index is 12.0. The van der Waals surface area contributed by atoms with E-state index in [9.17, 15) is 8.42 Å². The topological polar surface area (TPSA) is 59.1 Å². The number of thiazole rings is 1. The van der Waals surface area contributed by atoms with Crippen molar-refractivity contribution in [3.8, 4) is 0 Å². The number of aromatic nitrogens is 1. The molecule has 2 rings (SSSR count).